The standard InChI is InChI=1S/C21H27N7O2/c1-13-10-27(11-15-7-22-14(2)23-8-15)12-17(13)19-25-20-16(21(29)26-19)9-24-28(20)18-5-3-4-6-30-18/h7-9,13,17-18H,3-6,10-12H2,1-2H3,(H,25,26,29)/t13-,17-,18?/m1/s1. The van der Waals surface area contributed by atoms with Crippen molar-refractivity contribution in [1.82, 2.24) is 34.6 Å². The van der Waals surface area contributed by atoms with Gasteiger partial charge in [0.15, 0.2) is 11.9 Å². The molecule has 0 saturated carbocycles. The Kier molecular flexibility index (Phi) is 5.08. The summed E-state index contributed by atoms with van der Waals surface area (Å²) in [5, 5.41) is 4.95. The summed E-state index contributed by atoms with van der Waals surface area (Å²) >= 11 is 0. The number of ether oxygens (including phenoxy) is 1. The summed E-state index contributed by atoms with van der Waals surface area (Å²) in [6.07, 6.45) is 8.29. The molecule has 5 rings (SSSR count). The lowest BCUT2D eigenvalue weighted by Crippen LogP contribution is -2.23. The van der Waals surface area contributed by atoms with Gasteiger partial charge >= 0.3 is 0 Å². The number of H-pyrrole nitrogens is 1. The number of nitrogens with one attached hydrogen (secondary N) is 1. The van der Waals surface area contributed by atoms with Crippen molar-refractivity contribution < 1.29 is 4.74 Å². The summed E-state index contributed by atoms with van der Waals surface area (Å²) in [7, 11) is 0. The summed E-state index contributed by atoms with van der Waals surface area (Å²) in [5.41, 5.74) is 1.59. The number of hydrogen-bond donors (Lipinski definition) is 1. The van der Waals surface area contributed by atoms with Crippen molar-refractivity contribution in [3.05, 3.63) is 46.2 Å². The number of fused-ring (bicyclic) bond motifs is 1. The van der Waals surface area contributed by atoms with Crippen LogP contribution in [0.4, 0.5) is 0 Å². The van der Waals surface area contributed by atoms with Crippen LogP contribution in [-0.4, -0.2) is 54.3 Å². The monoisotopic (exact) mass is 409 g/mol. The molecule has 0 bridgehead atoms. The minimum Gasteiger partial charge on any atom is -0.356 e. The zero-order valence-electron chi connectivity index (χ0n) is 17.4. The second-order valence-electron chi connectivity index (χ2n) is 8.52. The van der Waals surface area contributed by atoms with Gasteiger partial charge in [-0.25, -0.2) is 19.6 Å². The molecule has 3 aromatic rings. The Hall–Kier alpha value is -2.65. The molecule has 0 spiro atoms. The highest BCUT2D eigenvalue weighted by atomic mass is 16.5. The van der Waals surface area contributed by atoms with Crippen molar-refractivity contribution in [3.8, 4) is 0 Å². The zero-order valence-corrected chi connectivity index (χ0v) is 17.4. The molecule has 5 heterocycles. The number of aromatic amines is 1. The molecule has 2 fully saturated rings. The Morgan fingerprint density at radius 3 is 2.80 bits per heavy atom. The van der Waals surface area contributed by atoms with E-state index in [1.165, 1.54) is 0 Å². The van der Waals surface area contributed by atoms with E-state index in [0.29, 0.717) is 17.0 Å². The molecule has 9 nitrogen and oxygen atoms in total. The first-order valence-electron chi connectivity index (χ1n) is 10.7. The van der Waals surface area contributed by atoms with Crippen molar-refractivity contribution in [2.45, 2.75) is 51.8 Å². The van der Waals surface area contributed by atoms with Crippen molar-refractivity contribution in [1.29, 1.82) is 0 Å². The van der Waals surface area contributed by atoms with Crippen molar-refractivity contribution in [2.75, 3.05) is 19.7 Å². The number of aryl methyl sites for hydroxylation is 1. The predicted molar refractivity (Wildman–Crippen MR) is 111 cm³/mol. The fourth-order valence-corrected chi connectivity index (χ4v) is 4.57. The van der Waals surface area contributed by atoms with Gasteiger partial charge in [-0.2, -0.15) is 5.10 Å². The largest absolute Gasteiger partial charge is 0.356 e. The van der Waals surface area contributed by atoms with Crippen LogP contribution in [0, 0.1) is 12.8 Å². The van der Waals surface area contributed by atoms with Gasteiger partial charge in [0, 0.05) is 50.1 Å². The predicted octanol–water partition coefficient (Wildman–Crippen LogP) is 2.15. The Morgan fingerprint density at radius 2 is 2.03 bits per heavy atom. The van der Waals surface area contributed by atoms with E-state index < -0.39 is 0 Å². The molecule has 9 heteroatoms. The highest BCUT2D eigenvalue weighted by molar-refractivity contribution is 5.73. The fraction of sp³-hybridized carbons (Fsp3) is 0.571. The van der Waals surface area contributed by atoms with Crippen LogP contribution in [0.3, 0.4) is 0 Å². The van der Waals surface area contributed by atoms with Gasteiger partial charge < -0.3 is 9.72 Å². The smallest absolute Gasteiger partial charge is 0.262 e. The minimum atomic E-state index is -0.141. The summed E-state index contributed by atoms with van der Waals surface area (Å²) < 4.78 is 7.66. The van der Waals surface area contributed by atoms with Crippen LogP contribution >= 0.6 is 0 Å². The van der Waals surface area contributed by atoms with Gasteiger partial charge in [-0.15, -0.1) is 0 Å². The Balaban J connectivity index is 1.41. The molecule has 0 radical (unpaired) electrons. The van der Waals surface area contributed by atoms with Crippen molar-refractivity contribution in [2.24, 2.45) is 5.92 Å². The van der Waals surface area contributed by atoms with Crippen LogP contribution in [0.25, 0.3) is 11.0 Å². The van der Waals surface area contributed by atoms with E-state index in [4.69, 9.17) is 9.72 Å². The van der Waals surface area contributed by atoms with Crippen LogP contribution in [0.15, 0.2) is 23.4 Å². The van der Waals surface area contributed by atoms with E-state index in [1.54, 1.807) is 10.9 Å². The normalized spacial score (nSPS) is 25.2. The lowest BCUT2D eigenvalue weighted by Gasteiger charge is -2.23. The second-order valence-corrected chi connectivity index (χ2v) is 8.52. The molecule has 0 aliphatic carbocycles. The number of nitrogens with zero attached hydrogens (tertiary/aromatic N) is 6. The first kappa shape index (κ1) is 19.3. The molecule has 1 unspecified atom stereocenters. The van der Waals surface area contributed by atoms with E-state index in [2.05, 4.69) is 31.9 Å². The van der Waals surface area contributed by atoms with Crippen molar-refractivity contribution >= 4 is 11.0 Å². The van der Waals surface area contributed by atoms with Crippen molar-refractivity contribution in [3.63, 3.8) is 0 Å². The highest BCUT2D eigenvalue weighted by Gasteiger charge is 2.33. The first-order valence-corrected chi connectivity index (χ1v) is 10.7. The van der Waals surface area contributed by atoms with Gasteiger partial charge in [0.05, 0.1) is 6.20 Å². The van der Waals surface area contributed by atoms with Crippen LogP contribution in [0.1, 0.15) is 55.5 Å². The Labute approximate surface area is 174 Å². The third-order valence-electron chi connectivity index (χ3n) is 6.19. The average Bonchev–Trinajstić information content (AvgIpc) is 3.34. The molecule has 2 aliphatic heterocycles. The maximum atomic E-state index is 12.7. The molecule has 30 heavy (non-hydrogen) atoms. The summed E-state index contributed by atoms with van der Waals surface area (Å²) in [6, 6.07) is 0. The molecule has 158 valence electrons. The number of aromatic nitrogens is 6. The molecule has 1 N–H and O–H groups in total. The first-order chi connectivity index (χ1) is 14.6. The van der Waals surface area contributed by atoms with E-state index in [1.807, 2.05) is 19.3 Å². The van der Waals surface area contributed by atoms with Crippen LogP contribution < -0.4 is 5.56 Å². The highest BCUT2D eigenvalue weighted by Crippen LogP contribution is 2.32. The molecule has 0 amide bonds. The van der Waals surface area contributed by atoms with Crippen LogP contribution in [0.5, 0.6) is 0 Å². The third kappa shape index (κ3) is 3.63. The average molecular weight is 409 g/mol. The molecule has 3 atom stereocenters. The van der Waals surface area contributed by atoms with Crippen LogP contribution in [-0.2, 0) is 11.3 Å². The SMILES string of the molecule is Cc1ncc(CN2C[C@@H](C)[C@H](c3nc4c(cnn4C4CCCCO4)c(=O)[nH]3)C2)cn1. The second kappa shape index (κ2) is 7.88. The van der Waals surface area contributed by atoms with Gasteiger partial charge in [0.2, 0.25) is 0 Å². The molecule has 0 aromatic carbocycles. The van der Waals surface area contributed by atoms with E-state index in [0.717, 1.165) is 62.7 Å². The lowest BCUT2D eigenvalue weighted by atomic mass is 9.97. The Morgan fingerprint density at radius 1 is 1.20 bits per heavy atom. The molecule has 2 saturated heterocycles. The van der Waals surface area contributed by atoms with E-state index in [9.17, 15) is 4.79 Å². The Bertz CT molecular complexity index is 1080. The summed E-state index contributed by atoms with van der Waals surface area (Å²) in [6.45, 7) is 7.38. The molecule has 3 aromatic heterocycles. The van der Waals surface area contributed by atoms with E-state index in [-0.39, 0.29) is 17.7 Å². The number of likely N-dealkylation sites (tertiary alicyclic amines) is 1. The van der Waals surface area contributed by atoms with Gasteiger partial charge in [-0.1, -0.05) is 6.92 Å². The number of rotatable bonds is 4. The third-order valence-corrected chi connectivity index (χ3v) is 6.19. The summed E-state index contributed by atoms with van der Waals surface area (Å²) in [5.74, 6) is 2.05. The lowest BCUT2D eigenvalue weighted by molar-refractivity contribution is -0.0370. The van der Waals surface area contributed by atoms with Gasteiger partial charge in [-0.3, -0.25) is 9.69 Å². The quantitative estimate of drug-likeness (QED) is 0.704. The minimum absolute atomic E-state index is 0.130. The van der Waals surface area contributed by atoms with Gasteiger partial charge in [0.25, 0.3) is 5.56 Å². The summed E-state index contributed by atoms with van der Waals surface area (Å²) in [4.78, 5) is 31.6. The maximum absolute atomic E-state index is 12.7. The van der Waals surface area contributed by atoms with E-state index >= 15 is 0 Å². The van der Waals surface area contributed by atoms with Gasteiger partial charge in [0.1, 0.15) is 17.0 Å². The number of hydrogen-bond acceptors (Lipinski definition) is 7. The fourth-order valence-electron chi connectivity index (χ4n) is 4.57. The topological polar surface area (TPSA) is 102 Å². The molecular weight excluding hydrogens is 382 g/mol. The molecular formula is C21H27N7O2. The van der Waals surface area contributed by atoms with Gasteiger partial charge in [-0.05, 0) is 32.1 Å². The maximum Gasteiger partial charge on any atom is 0.262 e. The van der Waals surface area contributed by atoms with Crippen LogP contribution in [0.2, 0.25) is 0 Å². The molecule has 2 aliphatic rings. The zero-order chi connectivity index (χ0) is 20.7.